The van der Waals surface area contributed by atoms with Crippen molar-refractivity contribution in [2.75, 3.05) is 31.1 Å². The smallest absolute Gasteiger partial charge is 0.292 e. The van der Waals surface area contributed by atoms with Crippen molar-refractivity contribution >= 4 is 23.2 Å². The Hall–Kier alpha value is -3.91. The van der Waals surface area contributed by atoms with Crippen molar-refractivity contribution in [1.29, 1.82) is 0 Å². The standard InChI is InChI=1S/C26H25ClN6O2/c27-25-23(18-29-33(26(25)35)22-9-5-2-6-10-22)30-13-15-31(16-14-30)24(34)12-11-20-17-28-32(19-20)21-7-3-1-4-8-21/h1-10,17-19H,11-16H2. The molecule has 0 N–H and O–H groups in total. The molecule has 0 atom stereocenters. The van der Waals surface area contributed by atoms with E-state index in [0.717, 1.165) is 11.3 Å². The predicted molar refractivity (Wildman–Crippen MR) is 136 cm³/mol. The van der Waals surface area contributed by atoms with E-state index in [4.69, 9.17) is 11.6 Å². The van der Waals surface area contributed by atoms with Gasteiger partial charge in [-0.2, -0.15) is 14.9 Å². The second kappa shape index (κ2) is 10.1. The van der Waals surface area contributed by atoms with Gasteiger partial charge in [-0.15, -0.1) is 0 Å². The average molecular weight is 489 g/mol. The highest BCUT2D eigenvalue weighted by molar-refractivity contribution is 6.33. The Kier molecular flexibility index (Phi) is 6.63. The second-order valence-corrected chi connectivity index (χ2v) is 8.77. The first-order valence-corrected chi connectivity index (χ1v) is 11.9. The van der Waals surface area contributed by atoms with E-state index < -0.39 is 0 Å². The Morgan fingerprint density at radius 2 is 1.51 bits per heavy atom. The van der Waals surface area contributed by atoms with Crippen LogP contribution >= 0.6 is 11.6 Å². The van der Waals surface area contributed by atoms with Crippen molar-refractivity contribution in [3.05, 3.63) is 100 Å². The van der Waals surface area contributed by atoms with Gasteiger partial charge in [-0.05, 0) is 36.2 Å². The quantitative estimate of drug-likeness (QED) is 0.416. The van der Waals surface area contributed by atoms with Crippen molar-refractivity contribution in [1.82, 2.24) is 24.5 Å². The first-order chi connectivity index (χ1) is 17.1. The lowest BCUT2D eigenvalue weighted by atomic mass is 10.1. The molecule has 0 saturated carbocycles. The zero-order valence-electron chi connectivity index (χ0n) is 19.1. The van der Waals surface area contributed by atoms with Gasteiger partial charge >= 0.3 is 0 Å². The molecule has 2 aromatic heterocycles. The number of para-hydroxylation sites is 2. The van der Waals surface area contributed by atoms with E-state index in [2.05, 4.69) is 10.2 Å². The molecule has 0 bridgehead atoms. The van der Waals surface area contributed by atoms with Crippen LogP contribution in [0.1, 0.15) is 12.0 Å². The minimum Gasteiger partial charge on any atom is -0.365 e. The topological polar surface area (TPSA) is 76.3 Å². The molecular formula is C26H25ClN6O2. The summed E-state index contributed by atoms with van der Waals surface area (Å²) in [4.78, 5) is 29.5. The second-order valence-electron chi connectivity index (χ2n) is 8.39. The van der Waals surface area contributed by atoms with Crippen LogP contribution in [0.3, 0.4) is 0 Å². The van der Waals surface area contributed by atoms with Gasteiger partial charge in [0.2, 0.25) is 5.91 Å². The summed E-state index contributed by atoms with van der Waals surface area (Å²) in [6.07, 6.45) is 6.46. The highest BCUT2D eigenvalue weighted by Crippen LogP contribution is 2.23. The number of anilines is 1. The Morgan fingerprint density at radius 1 is 0.857 bits per heavy atom. The lowest BCUT2D eigenvalue weighted by molar-refractivity contribution is -0.131. The van der Waals surface area contributed by atoms with Crippen LogP contribution in [0.2, 0.25) is 5.02 Å². The summed E-state index contributed by atoms with van der Waals surface area (Å²) in [6, 6.07) is 19.1. The summed E-state index contributed by atoms with van der Waals surface area (Å²) in [5.74, 6) is 0.112. The van der Waals surface area contributed by atoms with Gasteiger partial charge in [0.15, 0.2) is 0 Å². The molecule has 8 nitrogen and oxygen atoms in total. The normalized spacial score (nSPS) is 13.7. The minimum absolute atomic E-state index is 0.112. The summed E-state index contributed by atoms with van der Waals surface area (Å²) in [7, 11) is 0. The summed E-state index contributed by atoms with van der Waals surface area (Å²) in [5.41, 5.74) is 2.92. The van der Waals surface area contributed by atoms with E-state index in [-0.39, 0.29) is 16.5 Å². The van der Waals surface area contributed by atoms with Crippen molar-refractivity contribution < 1.29 is 4.79 Å². The molecule has 1 saturated heterocycles. The first-order valence-electron chi connectivity index (χ1n) is 11.5. The third-order valence-corrected chi connectivity index (χ3v) is 6.51. The number of rotatable bonds is 6. The third kappa shape index (κ3) is 4.97. The van der Waals surface area contributed by atoms with Gasteiger partial charge in [0.1, 0.15) is 5.02 Å². The van der Waals surface area contributed by atoms with Crippen molar-refractivity contribution in [3.63, 3.8) is 0 Å². The molecule has 0 spiro atoms. The number of amides is 1. The van der Waals surface area contributed by atoms with Crippen LogP contribution in [0.5, 0.6) is 0 Å². The summed E-state index contributed by atoms with van der Waals surface area (Å²) in [5, 5.41) is 8.85. The van der Waals surface area contributed by atoms with Crippen LogP contribution in [0.15, 0.2) is 84.0 Å². The predicted octanol–water partition coefficient (Wildman–Crippen LogP) is 3.35. The van der Waals surface area contributed by atoms with E-state index in [1.54, 1.807) is 18.3 Å². The largest absolute Gasteiger partial charge is 0.365 e. The molecule has 0 unspecified atom stereocenters. The molecule has 1 fully saturated rings. The van der Waals surface area contributed by atoms with Gasteiger partial charge in [-0.3, -0.25) is 9.59 Å². The summed E-state index contributed by atoms with van der Waals surface area (Å²) < 4.78 is 3.12. The fourth-order valence-electron chi connectivity index (χ4n) is 4.21. The maximum atomic E-state index is 12.8. The summed E-state index contributed by atoms with van der Waals surface area (Å²) >= 11 is 6.44. The van der Waals surface area contributed by atoms with Crippen LogP contribution < -0.4 is 10.5 Å². The number of benzene rings is 2. The Labute approximate surface area is 208 Å². The molecule has 2 aromatic carbocycles. The number of carbonyl (C=O) groups is 1. The fraction of sp³-hybridized carbons (Fsp3) is 0.231. The van der Waals surface area contributed by atoms with E-state index in [9.17, 15) is 9.59 Å². The SMILES string of the molecule is O=C(CCc1cnn(-c2ccccc2)c1)N1CCN(c2cnn(-c3ccccc3)c(=O)c2Cl)CC1. The number of aryl methyl sites for hydroxylation is 1. The number of nitrogens with zero attached hydrogens (tertiary/aromatic N) is 6. The van der Waals surface area contributed by atoms with E-state index in [1.165, 1.54) is 4.68 Å². The van der Waals surface area contributed by atoms with E-state index in [0.29, 0.717) is 50.4 Å². The van der Waals surface area contributed by atoms with Crippen LogP contribution in [-0.4, -0.2) is 56.5 Å². The monoisotopic (exact) mass is 488 g/mol. The maximum Gasteiger partial charge on any atom is 0.292 e. The van der Waals surface area contributed by atoms with Crippen LogP contribution in [0.4, 0.5) is 5.69 Å². The van der Waals surface area contributed by atoms with Crippen molar-refractivity contribution in [3.8, 4) is 11.4 Å². The number of carbonyl (C=O) groups excluding carboxylic acids is 1. The zero-order valence-corrected chi connectivity index (χ0v) is 19.9. The molecule has 1 aliphatic rings. The molecule has 0 radical (unpaired) electrons. The Bertz CT molecular complexity index is 1360. The molecular weight excluding hydrogens is 464 g/mol. The number of halogens is 1. The number of hydrogen-bond donors (Lipinski definition) is 0. The Balaban J connectivity index is 1.17. The van der Waals surface area contributed by atoms with Crippen molar-refractivity contribution in [2.45, 2.75) is 12.8 Å². The van der Waals surface area contributed by atoms with Crippen LogP contribution in [0, 0.1) is 0 Å². The summed E-state index contributed by atoms with van der Waals surface area (Å²) in [6.45, 7) is 2.32. The molecule has 5 rings (SSSR count). The van der Waals surface area contributed by atoms with Gasteiger partial charge in [-0.1, -0.05) is 48.0 Å². The van der Waals surface area contributed by atoms with Crippen LogP contribution in [-0.2, 0) is 11.2 Å². The van der Waals surface area contributed by atoms with Gasteiger partial charge in [0, 0.05) is 38.8 Å². The zero-order chi connectivity index (χ0) is 24.2. The van der Waals surface area contributed by atoms with Crippen molar-refractivity contribution in [2.24, 2.45) is 0 Å². The molecule has 3 heterocycles. The van der Waals surface area contributed by atoms with Gasteiger partial charge in [-0.25, -0.2) is 4.68 Å². The number of aromatic nitrogens is 4. The Morgan fingerprint density at radius 3 is 2.20 bits per heavy atom. The molecule has 35 heavy (non-hydrogen) atoms. The van der Waals surface area contributed by atoms with Gasteiger partial charge in [0.05, 0.1) is 29.5 Å². The highest BCUT2D eigenvalue weighted by atomic mass is 35.5. The number of hydrogen-bond acceptors (Lipinski definition) is 5. The molecule has 1 aliphatic heterocycles. The first kappa shape index (κ1) is 22.9. The number of piperazine rings is 1. The fourth-order valence-corrected chi connectivity index (χ4v) is 4.46. The minimum atomic E-state index is -0.357. The molecule has 178 valence electrons. The van der Waals surface area contributed by atoms with E-state index >= 15 is 0 Å². The van der Waals surface area contributed by atoms with E-state index in [1.807, 2.05) is 75.4 Å². The third-order valence-electron chi connectivity index (χ3n) is 6.16. The molecule has 0 aliphatic carbocycles. The lowest BCUT2D eigenvalue weighted by Gasteiger charge is -2.36. The molecule has 1 amide bonds. The molecule has 4 aromatic rings. The van der Waals surface area contributed by atoms with Crippen LogP contribution in [0.25, 0.3) is 11.4 Å². The lowest BCUT2D eigenvalue weighted by Crippen LogP contribution is -2.49. The molecule has 9 heteroatoms. The maximum absolute atomic E-state index is 12.8. The van der Waals surface area contributed by atoms with Gasteiger partial charge in [0.25, 0.3) is 5.56 Å². The van der Waals surface area contributed by atoms with Gasteiger partial charge < -0.3 is 9.80 Å². The average Bonchev–Trinajstić information content (AvgIpc) is 3.39. The highest BCUT2D eigenvalue weighted by Gasteiger charge is 2.24.